The van der Waals surface area contributed by atoms with E-state index in [0.29, 0.717) is 23.4 Å². The van der Waals surface area contributed by atoms with E-state index in [0.717, 1.165) is 55.2 Å². The number of carbonyl (C=O) groups excluding carboxylic acids is 1. The minimum Gasteiger partial charge on any atom is -0.465 e. The lowest BCUT2D eigenvalue weighted by Crippen LogP contribution is -2.37. The minimum absolute atomic E-state index is 0.0435. The number of pyridine rings is 1. The summed E-state index contributed by atoms with van der Waals surface area (Å²) < 4.78 is 15.0. The molecule has 0 bridgehead atoms. The molecule has 7 nitrogen and oxygen atoms in total. The molecule has 0 spiro atoms. The fourth-order valence-corrected chi connectivity index (χ4v) is 5.24. The maximum absolute atomic E-state index is 15.0. The Morgan fingerprint density at radius 2 is 1.73 bits per heavy atom. The lowest BCUT2D eigenvalue weighted by atomic mass is 9.84. The average Bonchev–Trinajstić information content (AvgIpc) is 3.63. The number of hydrogen-bond acceptors (Lipinski definition) is 4. The zero-order chi connectivity index (χ0) is 26.0. The molecule has 192 valence electrons. The van der Waals surface area contributed by atoms with Gasteiger partial charge in [-0.3, -0.25) is 4.79 Å². The molecule has 37 heavy (non-hydrogen) atoms. The lowest BCUT2D eigenvalue weighted by Gasteiger charge is -2.27. The molecule has 2 aliphatic carbocycles. The summed E-state index contributed by atoms with van der Waals surface area (Å²) >= 11 is 0. The highest BCUT2D eigenvalue weighted by Gasteiger charge is 2.42. The highest BCUT2D eigenvalue weighted by atomic mass is 19.1. The van der Waals surface area contributed by atoms with Gasteiger partial charge in [-0.1, -0.05) is 42.5 Å². The second-order valence-electron chi connectivity index (χ2n) is 10.3. The third kappa shape index (κ3) is 5.80. The molecule has 5 N–H and O–H groups in total. The summed E-state index contributed by atoms with van der Waals surface area (Å²) in [5.74, 6) is 0.201. The summed E-state index contributed by atoms with van der Waals surface area (Å²) in [6, 6.07) is 16.7. The summed E-state index contributed by atoms with van der Waals surface area (Å²) in [5, 5.41) is 14.3. The van der Waals surface area contributed by atoms with Gasteiger partial charge in [0.15, 0.2) is 0 Å². The Labute approximate surface area is 215 Å². The van der Waals surface area contributed by atoms with Crippen molar-refractivity contribution in [3.05, 3.63) is 72.2 Å². The number of nitrogens with zero attached hydrogens (tertiary/aromatic N) is 1. The Hall–Kier alpha value is -3.78. The van der Waals surface area contributed by atoms with Crippen molar-refractivity contribution >= 4 is 17.8 Å². The molecule has 3 aromatic rings. The van der Waals surface area contributed by atoms with Crippen molar-refractivity contribution in [3.8, 4) is 22.3 Å². The number of carbonyl (C=O) groups is 2. The number of aromatic nitrogens is 1. The average molecular weight is 503 g/mol. The third-order valence-electron chi connectivity index (χ3n) is 7.51. The van der Waals surface area contributed by atoms with Crippen molar-refractivity contribution in [2.75, 3.05) is 5.32 Å². The quantitative estimate of drug-likeness (QED) is 0.333. The molecule has 2 aliphatic rings. The van der Waals surface area contributed by atoms with Gasteiger partial charge in [0, 0.05) is 35.3 Å². The number of amides is 2. The fourth-order valence-electron chi connectivity index (χ4n) is 5.24. The number of anilines is 1. The fraction of sp³-hybridized carbons (Fsp3) is 0.345. The largest absolute Gasteiger partial charge is 0.465 e. The van der Waals surface area contributed by atoms with E-state index in [1.54, 1.807) is 12.3 Å². The summed E-state index contributed by atoms with van der Waals surface area (Å²) in [5.41, 5.74) is 9.44. The Morgan fingerprint density at radius 3 is 2.38 bits per heavy atom. The zero-order valence-corrected chi connectivity index (χ0v) is 20.5. The molecule has 2 aromatic carbocycles. The molecule has 8 heteroatoms. The van der Waals surface area contributed by atoms with Crippen LogP contribution in [-0.4, -0.2) is 28.1 Å². The first kappa shape index (κ1) is 24.9. The maximum Gasteiger partial charge on any atom is 0.404 e. The molecule has 0 unspecified atom stereocenters. The van der Waals surface area contributed by atoms with Crippen LogP contribution in [0.1, 0.15) is 50.5 Å². The van der Waals surface area contributed by atoms with Crippen LogP contribution in [0.3, 0.4) is 0 Å². The first-order valence-corrected chi connectivity index (χ1v) is 12.7. The molecule has 0 aliphatic heterocycles. The van der Waals surface area contributed by atoms with Crippen LogP contribution < -0.4 is 16.4 Å². The molecule has 0 saturated heterocycles. The van der Waals surface area contributed by atoms with E-state index in [2.05, 4.69) is 15.6 Å². The first-order chi connectivity index (χ1) is 17.8. The van der Waals surface area contributed by atoms with Crippen molar-refractivity contribution in [1.29, 1.82) is 0 Å². The summed E-state index contributed by atoms with van der Waals surface area (Å²) in [7, 11) is 0. The van der Waals surface area contributed by atoms with Crippen molar-refractivity contribution < 1.29 is 19.1 Å². The third-order valence-corrected chi connectivity index (χ3v) is 7.51. The molecule has 1 heterocycles. The first-order valence-electron chi connectivity index (χ1n) is 12.7. The molecule has 0 atom stereocenters. The van der Waals surface area contributed by atoms with Crippen molar-refractivity contribution in [2.24, 2.45) is 11.7 Å². The maximum atomic E-state index is 15.0. The molecule has 2 fully saturated rings. The lowest BCUT2D eigenvalue weighted by molar-refractivity contribution is -0.117. The second kappa shape index (κ2) is 10.3. The number of benzene rings is 2. The van der Waals surface area contributed by atoms with Gasteiger partial charge in [-0.2, -0.15) is 0 Å². The number of nitrogens with two attached hydrogens (primary N) is 1. The predicted octanol–water partition coefficient (Wildman–Crippen LogP) is 5.66. The Morgan fingerprint density at radius 1 is 1.00 bits per heavy atom. The Bertz CT molecular complexity index is 1300. The standard InChI is InChI=1S/C29H31FN4O3/c30-25-15-20(8-11-24(25)29(31)12-13-29)23-17-32-26(16-22(23)19-4-2-1-3-5-19)34-27(35)14-18-6-9-21(10-7-18)33-28(36)37/h1-5,8,11,15-18,21,33H,6-7,9-10,12-14,31H2,(H,36,37)(H,32,34,35)/t18-,21-. The van der Waals surface area contributed by atoms with Crippen LogP contribution in [0.25, 0.3) is 22.3 Å². The second-order valence-corrected chi connectivity index (χ2v) is 10.3. The van der Waals surface area contributed by atoms with E-state index in [9.17, 15) is 14.0 Å². The highest BCUT2D eigenvalue weighted by Crippen LogP contribution is 2.44. The predicted molar refractivity (Wildman–Crippen MR) is 140 cm³/mol. The SMILES string of the molecule is NC1(c2ccc(-c3cnc(NC(=O)C[C@H]4CC[C@H](NC(=O)O)CC4)cc3-c3ccccc3)cc2F)CC1. The summed E-state index contributed by atoms with van der Waals surface area (Å²) in [6.45, 7) is 0. The van der Waals surface area contributed by atoms with Gasteiger partial charge in [0.25, 0.3) is 0 Å². The molecule has 1 aromatic heterocycles. The van der Waals surface area contributed by atoms with E-state index in [-0.39, 0.29) is 23.7 Å². The van der Waals surface area contributed by atoms with Gasteiger partial charge in [-0.05, 0) is 73.3 Å². The van der Waals surface area contributed by atoms with Gasteiger partial charge in [0.05, 0.1) is 0 Å². The van der Waals surface area contributed by atoms with Crippen LogP contribution in [0, 0.1) is 11.7 Å². The van der Waals surface area contributed by atoms with Crippen molar-refractivity contribution in [1.82, 2.24) is 10.3 Å². The van der Waals surface area contributed by atoms with Gasteiger partial charge in [0.1, 0.15) is 11.6 Å². The van der Waals surface area contributed by atoms with Gasteiger partial charge in [0.2, 0.25) is 5.91 Å². The summed E-state index contributed by atoms with van der Waals surface area (Å²) in [4.78, 5) is 28.1. The molecule has 2 saturated carbocycles. The molecule has 0 radical (unpaired) electrons. The Kier molecular flexibility index (Phi) is 6.93. The highest BCUT2D eigenvalue weighted by molar-refractivity contribution is 5.92. The van der Waals surface area contributed by atoms with E-state index >= 15 is 0 Å². The zero-order valence-electron chi connectivity index (χ0n) is 20.5. The number of carboxylic acid groups (broad SMARTS) is 1. The minimum atomic E-state index is -1.00. The normalized spacial score (nSPS) is 20.2. The van der Waals surface area contributed by atoms with E-state index in [1.165, 1.54) is 6.07 Å². The Balaban J connectivity index is 1.33. The molecular weight excluding hydrogens is 471 g/mol. The topological polar surface area (TPSA) is 117 Å². The van der Waals surface area contributed by atoms with Crippen molar-refractivity contribution in [2.45, 2.75) is 56.5 Å². The van der Waals surface area contributed by atoms with E-state index < -0.39 is 11.6 Å². The van der Waals surface area contributed by atoms with Crippen LogP contribution in [0.15, 0.2) is 60.8 Å². The van der Waals surface area contributed by atoms with E-state index in [4.69, 9.17) is 10.8 Å². The number of hydrogen-bond donors (Lipinski definition) is 4. The monoisotopic (exact) mass is 502 g/mol. The van der Waals surface area contributed by atoms with Crippen LogP contribution in [0.5, 0.6) is 0 Å². The van der Waals surface area contributed by atoms with Crippen LogP contribution in [0.2, 0.25) is 0 Å². The van der Waals surface area contributed by atoms with Crippen LogP contribution in [0.4, 0.5) is 15.0 Å². The molecular formula is C29H31FN4O3. The van der Waals surface area contributed by atoms with Crippen LogP contribution >= 0.6 is 0 Å². The van der Waals surface area contributed by atoms with Crippen LogP contribution in [-0.2, 0) is 10.3 Å². The number of halogens is 1. The van der Waals surface area contributed by atoms with E-state index in [1.807, 2.05) is 42.5 Å². The molecule has 2 amide bonds. The van der Waals surface area contributed by atoms with Crippen molar-refractivity contribution in [3.63, 3.8) is 0 Å². The smallest absolute Gasteiger partial charge is 0.404 e. The van der Waals surface area contributed by atoms with Gasteiger partial charge in [-0.15, -0.1) is 0 Å². The van der Waals surface area contributed by atoms with Gasteiger partial charge >= 0.3 is 6.09 Å². The van der Waals surface area contributed by atoms with Gasteiger partial charge in [-0.25, -0.2) is 14.2 Å². The molecule has 5 rings (SSSR count). The number of rotatable bonds is 7. The van der Waals surface area contributed by atoms with Gasteiger partial charge < -0.3 is 21.5 Å². The summed E-state index contributed by atoms with van der Waals surface area (Å²) in [6.07, 6.45) is 5.66. The number of nitrogens with one attached hydrogen (secondary N) is 2.